The minimum Gasteiger partial charge on any atom is -0.396 e. The van der Waals surface area contributed by atoms with Gasteiger partial charge in [0.1, 0.15) is 5.69 Å². The molecule has 0 aliphatic rings. The topological polar surface area (TPSA) is 53.4 Å². The lowest BCUT2D eigenvalue weighted by Gasteiger charge is -2.22. The smallest absolute Gasteiger partial charge is 0.180 e. The Kier molecular flexibility index (Phi) is 5.63. The van der Waals surface area contributed by atoms with Crippen molar-refractivity contribution in [3.63, 3.8) is 0 Å². The summed E-state index contributed by atoms with van der Waals surface area (Å²) in [6.45, 7) is 5.74. The molecule has 0 fully saturated rings. The van der Waals surface area contributed by atoms with Gasteiger partial charge in [-0.15, -0.1) is 0 Å². The molecular formula is C13H20N2O2. The molecule has 4 heteroatoms. The second-order valence-electron chi connectivity index (χ2n) is 3.84. The molecule has 0 radical (unpaired) electrons. The van der Waals surface area contributed by atoms with Crippen LogP contribution in [0.1, 0.15) is 37.2 Å². The zero-order chi connectivity index (χ0) is 12.7. The minimum absolute atomic E-state index is 0.0648. The van der Waals surface area contributed by atoms with Gasteiger partial charge in [-0.1, -0.05) is 6.92 Å². The molecule has 0 saturated heterocycles. The number of nitrogens with zero attached hydrogens (tertiary/aromatic N) is 2. The molecule has 1 N–H and O–H groups in total. The fourth-order valence-corrected chi connectivity index (χ4v) is 1.65. The normalized spacial score (nSPS) is 10.3. The van der Waals surface area contributed by atoms with E-state index >= 15 is 0 Å². The molecule has 0 atom stereocenters. The maximum absolute atomic E-state index is 11.4. The van der Waals surface area contributed by atoms with Crippen molar-refractivity contribution in [1.29, 1.82) is 0 Å². The molecule has 1 rings (SSSR count). The Hall–Kier alpha value is -1.42. The van der Waals surface area contributed by atoms with Crippen molar-refractivity contribution in [3.8, 4) is 0 Å². The van der Waals surface area contributed by atoms with E-state index in [2.05, 4.69) is 16.8 Å². The van der Waals surface area contributed by atoms with Crippen molar-refractivity contribution in [2.75, 3.05) is 24.6 Å². The molecule has 0 spiro atoms. The number of carbonyl (C=O) groups excluding carboxylic acids is 1. The molecule has 94 valence electrons. The molecule has 0 saturated carbocycles. The Labute approximate surface area is 102 Å². The third-order valence-corrected chi connectivity index (χ3v) is 2.69. The molecule has 1 heterocycles. The van der Waals surface area contributed by atoms with Crippen LogP contribution in [0.15, 0.2) is 18.3 Å². The van der Waals surface area contributed by atoms with Crippen LogP contribution in [0.5, 0.6) is 0 Å². The molecule has 17 heavy (non-hydrogen) atoms. The SMILES string of the molecule is CCC(=O)c1ccc(N(CC)CCCO)cn1. The number of Topliss-reactive ketones (excluding diaryl/α,β-unsaturated/α-hetero) is 1. The van der Waals surface area contributed by atoms with Crippen LogP contribution in [0.3, 0.4) is 0 Å². The van der Waals surface area contributed by atoms with Gasteiger partial charge >= 0.3 is 0 Å². The summed E-state index contributed by atoms with van der Waals surface area (Å²) in [5, 5.41) is 8.82. The molecule has 1 aromatic rings. The van der Waals surface area contributed by atoms with Crippen LogP contribution in [-0.4, -0.2) is 35.6 Å². The Morgan fingerprint density at radius 2 is 2.18 bits per heavy atom. The third kappa shape index (κ3) is 3.82. The summed E-state index contributed by atoms with van der Waals surface area (Å²) < 4.78 is 0. The lowest BCUT2D eigenvalue weighted by atomic mass is 10.2. The van der Waals surface area contributed by atoms with Crippen LogP contribution in [-0.2, 0) is 0 Å². The van der Waals surface area contributed by atoms with Crippen LogP contribution in [0.25, 0.3) is 0 Å². The summed E-state index contributed by atoms with van der Waals surface area (Å²) in [4.78, 5) is 17.7. The summed E-state index contributed by atoms with van der Waals surface area (Å²) in [5.74, 6) is 0.0648. The van der Waals surface area contributed by atoms with Gasteiger partial charge in [-0.25, -0.2) is 0 Å². The van der Waals surface area contributed by atoms with E-state index in [1.807, 2.05) is 13.0 Å². The molecule has 1 aromatic heterocycles. The molecule has 0 bridgehead atoms. The molecule has 0 aliphatic carbocycles. The Balaban J connectivity index is 2.74. The van der Waals surface area contributed by atoms with E-state index in [-0.39, 0.29) is 12.4 Å². The minimum atomic E-state index is 0.0648. The molecule has 0 amide bonds. The first-order valence-corrected chi connectivity index (χ1v) is 6.08. The highest BCUT2D eigenvalue weighted by atomic mass is 16.3. The van der Waals surface area contributed by atoms with E-state index in [1.165, 1.54) is 0 Å². The van der Waals surface area contributed by atoms with Crippen LogP contribution >= 0.6 is 0 Å². The lowest BCUT2D eigenvalue weighted by Crippen LogP contribution is -2.24. The standard InChI is InChI=1S/C13H20N2O2/c1-3-13(17)12-7-6-11(10-14-12)15(4-2)8-5-9-16/h6-7,10,16H,3-5,8-9H2,1-2H3. The van der Waals surface area contributed by atoms with E-state index in [0.717, 1.165) is 25.2 Å². The van der Waals surface area contributed by atoms with Crippen molar-refractivity contribution in [2.45, 2.75) is 26.7 Å². The van der Waals surface area contributed by atoms with Crippen molar-refractivity contribution in [1.82, 2.24) is 4.98 Å². The van der Waals surface area contributed by atoms with Crippen molar-refractivity contribution < 1.29 is 9.90 Å². The number of hydrogen-bond donors (Lipinski definition) is 1. The number of carbonyl (C=O) groups is 1. The van der Waals surface area contributed by atoms with Crippen LogP contribution in [0.2, 0.25) is 0 Å². The van der Waals surface area contributed by atoms with E-state index in [0.29, 0.717) is 12.1 Å². The Morgan fingerprint density at radius 3 is 2.65 bits per heavy atom. The monoisotopic (exact) mass is 236 g/mol. The van der Waals surface area contributed by atoms with Gasteiger partial charge in [0, 0.05) is 26.1 Å². The molecular weight excluding hydrogens is 216 g/mol. The van der Waals surface area contributed by atoms with Gasteiger partial charge in [0.05, 0.1) is 11.9 Å². The summed E-state index contributed by atoms with van der Waals surface area (Å²) in [5.41, 5.74) is 1.52. The zero-order valence-electron chi connectivity index (χ0n) is 10.5. The average molecular weight is 236 g/mol. The Bertz CT molecular complexity index is 349. The summed E-state index contributed by atoms with van der Waals surface area (Å²) in [7, 11) is 0. The molecule has 0 aliphatic heterocycles. The quantitative estimate of drug-likeness (QED) is 0.734. The number of aliphatic hydroxyl groups is 1. The predicted molar refractivity (Wildman–Crippen MR) is 68.4 cm³/mol. The molecule has 0 aromatic carbocycles. The highest BCUT2D eigenvalue weighted by Gasteiger charge is 2.07. The van der Waals surface area contributed by atoms with E-state index < -0.39 is 0 Å². The summed E-state index contributed by atoms with van der Waals surface area (Å²) in [6, 6.07) is 3.68. The van der Waals surface area contributed by atoms with Crippen LogP contribution in [0.4, 0.5) is 5.69 Å². The first kappa shape index (κ1) is 13.6. The van der Waals surface area contributed by atoms with Crippen molar-refractivity contribution in [3.05, 3.63) is 24.0 Å². The van der Waals surface area contributed by atoms with Gasteiger partial charge in [-0.3, -0.25) is 9.78 Å². The van der Waals surface area contributed by atoms with Crippen molar-refractivity contribution >= 4 is 11.5 Å². The van der Waals surface area contributed by atoms with Crippen molar-refractivity contribution in [2.24, 2.45) is 0 Å². The zero-order valence-corrected chi connectivity index (χ0v) is 10.5. The highest BCUT2D eigenvalue weighted by molar-refractivity contribution is 5.94. The van der Waals surface area contributed by atoms with Crippen LogP contribution in [0, 0.1) is 0 Å². The second kappa shape index (κ2) is 7.01. The highest BCUT2D eigenvalue weighted by Crippen LogP contribution is 2.13. The maximum atomic E-state index is 11.4. The number of rotatable bonds is 7. The van der Waals surface area contributed by atoms with E-state index in [1.54, 1.807) is 12.3 Å². The number of aromatic nitrogens is 1. The van der Waals surface area contributed by atoms with Gasteiger partial charge in [-0.05, 0) is 25.5 Å². The average Bonchev–Trinajstić information content (AvgIpc) is 2.39. The van der Waals surface area contributed by atoms with Gasteiger partial charge in [-0.2, -0.15) is 0 Å². The number of anilines is 1. The summed E-state index contributed by atoms with van der Waals surface area (Å²) >= 11 is 0. The number of hydrogen-bond acceptors (Lipinski definition) is 4. The van der Waals surface area contributed by atoms with Gasteiger partial charge < -0.3 is 10.0 Å². The summed E-state index contributed by atoms with van der Waals surface area (Å²) in [6.07, 6.45) is 2.95. The van der Waals surface area contributed by atoms with Gasteiger partial charge in [0.2, 0.25) is 0 Å². The molecule has 4 nitrogen and oxygen atoms in total. The number of aliphatic hydroxyl groups excluding tert-OH is 1. The fourth-order valence-electron chi connectivity index (χ4n) is 1.65. The number of ketones is 1. The second-order valence-corrected chi connectivity index (χ2v) is 3.84. The predicted octanol–water partition coefficient (Wildman–Crippen LogP) is 1.88. The van der Waals surface area contributed by atoms with E-state index in [9.17, 15) is 4.79 Å². The van der Waals surface area contributed by atoms with Crippen LogP contribution < -0.4 is 4.90 Å². The molecule has 0 unspecified atom stereocenters. The van der Waals surface area contributed by atoms with Gasteiger partial charge in [0.25, 0.3) is 0 Å². The van der Waals surface area contributed by atoms with Gasteiger partial charge in [0.15, 0.2) is 5.78 Å². The first-order valence-electron chi connectivity index (χ1n) is 6.08. The van der Waals surface area contributed by atoms with E-state index in [4.69, 9.17) is 5.11 Å². The largest absolute Gasteiger partial charge is 0.396 e. The lowest BCUT2D eigenvalue weighted by molar-refractivity contribution is 0.0983. The third-order valence-electron chi connectivity index (χ3n) is 2.69. The first-order chi connectivity index (χ1) is 8.22. The Morgan fingerprint density at radius 1 is 1.41 bits per heavy atom. The fraction of sp³-hybridized carbons (Fsp3) is 0.538. The number of pyridine rings is 1. The maximum Gasteiger partial charge on any atom is 0.180 e.